The minimum Gasteiger partial charge on any atom is -0.475 e. The molecule has 0 saturated carbocycles. The number of halogens is 3. The van der Waals surface area contributed by atoms with Crippen molar-refractivity contribution in [1.82, 2.24) is 5.32 Å². The third kappa shape index (κ3) is 16.5. The molecule has 0 radical (unpaired) electrons. The van der Waals surface area contributed by atoms with Crippen molar-refractivity contribution in [3.8, 4) is 0 Å². The van der Waals surface area contributed by atoms with Gasteiger partial charge in [0.05, 0.1) is 59.0 Å². The maximum Gasteiger partial charge on any atom is 0.490 e. The summed E-state index contributed by atoms with van der Waals surface area (Å²) in [7, 11) is 1.66. The topological polar surface area (TPSA) is 95.5 Å². The molecule has 1 saturated heterocycles. The predicted octanol–water partition coefficient (Wildman–Crippen LogP) is 0.694. The second-order valence-corrected chi connectivity index (χ2v) is 5.12. The van der Waals surface area contributed by atoms with E-state index in [9.17, 15) is 13.2 Å². The van der Waals surface area contributed by atoms with E-state index in [1.165, 1.54) is 0 Å². The van der Waals surface area contributed by atoms with Crippen LogP contribution in [0.2, 0.25) is 0 Å². The Morgan fingerprint density at radius 2 is 1.46 bits per heavy atom. The number of carboxylic acid groups (broad SMARTS) is 1. The summed E-state index contributed by atoms with van der Waals surface area (Å²) >= 11 is 0. The van der Waals surface area contributed by atoms with Gasteiger partial charge in [-0.2, -0.15) is 13.2 Å². The summed E-state index contributed by atoms with van der Waals surface area (Å²) in [5.41, 5.74) is 0. The van der Waals surface area contributed by atoms with E-state index in [2.05, 4.69) is 5.32 Å². The Morgan fingerprint density at radius 3 is 1.85 bits per heavy atom. The second-order valence-electron chi connectivity index (χ2n) is 5.12. The minimum atomic E-state index is -5.08. The summed E-state index contributed by atoms with van der Waals surface area (Å²) < 4.78 is 58.2. The standard InChI is InChI=1S/C13H27NO5.C2HF3O2/c1-15-4-5-16-6-7-17-8-9-18-10-11-19-13-2-3-14-12-13;3-2(4,5)1(6)7/h13-14H,2-12H2,1H3;(H,6,7)/t13-;/m0./s1. The van der Waals surface area contributed by atoms with E-state index in [0.717, 1.165) is 19.5 Å². The Hall–Kier alpha value is -0.980. The highest BCUT2D eigenvalue weighted by atomic mass is 19.4. The highest BCUT2D eigenvalue weighted by Crippen LogP contribution is 2.13. The third-order valence-corrected chi connectivity index (χ3v) is 3.01. The monoisotopic (exact) mass is 391 g/mol. The van der Waals surface area contributed by atoms with Crippen LogP contribution in [0, 0.1) is 0 Å². The molecule has 1 atom stereocenters. The lowest BCUT2D eigenvalue weighted by atomic mass is 10.3. The van der Waals surface area contributed by atoms with Crippen molar-refractivity contribution in [2.75, 3.05) is 73.1 Å². The number of aliphatic carboxylic acids is 1. The number of methoxy groups -OCH3 is 1. The molecule has 0 aliphatic carbocycles. The van der Waals surface area contributed by atoms with Crippen molar-refractivity contribution < 1.29 is 46.8 Å². The lowest BCUT2D eigenvalue weighted by Crippen LogP contribution is -2.21. The normalized spacial score (nSPS) is 17.0. The van der Waals surface area contributed by atoms with Crippen LogP contribution in [0.1, 0.15) is 6.42 Å². The molecule has 0 aromatic heterocycles. The lowest BCUT2D eigenvalue weighted by molar-refractivity contribution is -0.192. The molecule has 26 heavy (non-hydrogen) atoms. The van der Waals surface area contributed by atoms with Gasteiger partial charge in [-0.1, -0.05) is 0 Å². The molecule has 0 bridgehead atoms. The van der Waals surface area contributed by atoms with Gasteiger partial charge in [0.25, 0.3) is 0 Å². The van der Waals surface area contributed by atoms with E-state index in [1.54, 1.807) is 7.11 Å². The van der Waals surface area contributed by atoms with Crippen LogP contribution >= 0.6 is 0 Å². The quantitative estimate of drug-likeness (QED) is 0.443. The highest BCUT2D eigenvalue weighted by Gasteiger charge is 2.38. The van der Waals surface area contributed by atoms with Crippen LogP contribution in [0.3, 0.4) is 0 Å². The van der Waals surface area contributed by atoms with E-state index >= 15 is 0 Å². The Bertz CT molecular complexity index is 340. The number of carboxylic acids is 1. The fourth-order valence-corrected chi connectivity index (χ4v) is 1.73. The summed E-state index contributed by atoms with van der Waals surface area (Å²) in [6.07, 6.45) is -3.62. The smallest absolute Gasteiger partial charge is 0.475 e. The van der Waals surface area contributed by atoms with Crippen LogP contribution in [-0.4, -0.2) is 96.4 Å². The van der Waals surface area contributed by atoms with Crippen LogP contribution in [0.15, 0.2) is 0 Å². The number of hydrogen-bond acceptors (Lipinski definition) is 7. The van der Waals surface area contributed by atoms with Crippen molar-refractivity contribution in [3.05, 3.63) is 0 Å². The molecule has 2 N–H and O–H groups in total. The van der Waals surface area contributed by atoms with Crippen LogP contribution in [0.5, 0.6) is 0 Å². The summed E-state index contributed by atoms with van der Waals surface area (Å²) in [6.45, 7) is 6.94. The Balaban J connectivity index is 0.000000758. The summed E-state index contributed by atoms with van der Waals surface area (Å²) in [4.78, 5) is 8.90. The molecule has 0 unspecified atom stereocenters. The first-order chi connectivity index (χ1) is 12.4. The maximum absolute atomic E-state index is 10.6. The first kappa shape index (κ1) is 25.0. The first-order valence-corrected chi connectivity index (χ1v) is 8.22. The van der Waals surface area contributed by atoms with Crippen molar-refractivity contribution in [1.29, 1.82) is 0 Å². The molecule has 156 valence electrons. The second kappa shape index (κ2) is 16.2. The Kier molecular flexibility index (Phi) is 15.6. The molecule has 0 spiro atoms. The van der Waals surface area contributed by atoms with Gasteiger partial charge < -0.3 is 34.1 Å². The van der Waals surface area contributed by atoms with Gasteiger partial charge in [-0.25, -0.2) is 4.79 Å². The number of hydrogen-bond donors (Lipinski definition) is 2. The van der Waals surface area contributed by atoms with Gasteiger partial charge in [-0.05, 0) is 13.0 Å². The molecule has 0 amide bonds. The number of rotatable bonds is 13. The van der Waals surface area contributed by atoms with E-state index in [0.29, 0.717) is 59.0 Å². The lowest BCUT2D eigenvalue weighted by Gasteiger charge is -2.10. The summed E-state index contributed by atoms with van der Waals surface area (Å²) in [6, 6.07) is 0. The molecule has 1 aliphatic heterocycles. The van der Waals surface area contributed by atoms with Crippen LogP contribution in [0.25, 0.3) is 0 Å². The van der Waals surface area contributed by atoms with E-state index in [-0.39, 0.29) is 0 Å². The van der Waals surface area contributed by atoms with E-state index in [1.807, 2.05) is 0 Å². The van der Waals surface area contributed by atoms with Crippen molar-refractivity contribution in [3.63, 3.8) is 0 Å². The zero-order chi connectivity index (χ0) is 19.7. The van der Waals surface area contributed by atoms with Gasteiger partial charge in [0.15, 0.2) is 0 Å². The number of ether oxygens (including phenoxy) is 5. The third-order valence-electron chi connectivity index (χ3n) is 3.01. The fourth-order valence-electron chi connectivity index (χ4n) is 1.73. The van der Waals surface area contributed by atoms with E-state index in [4.69, 9.17) is 33.6 Å². The zero-order valence-corrected chi connectivity index (χ0v) is 14.9. The largest absolute Gasteiger partial charge is 0.490 e. The van der Waals surface area contributed by atoms with Crippen molar-refractivity contribution >= 4 is 5.97 Å². The van der Waals surface area contributed by atoms with Gasteiger partial charge in [0.2, 0.25) is 0 Å². The average molecular weight is 391 g/mol. The maximum atomic E-state index is 10.6. The number of carbonyl (C=O) groups is 1. The fraction of sp³-hybridized carbons (Fsp3) is 0.933. The molecule has 11 heteroatoms. The van der Waals surface area contributed by atoms with Gasteiger partial charge in [0, 0.05) is 13.7 Å². The Morgan fingerprint density at radius 1 is 1.00 bits per heavy atom. The molecule has 1 heterocycles. The molecular formula is C15H28F3NO7. The Labute approximate surface area is 150 Å². The molecular weight excluding hydrogens is 363 g/mol. The minimum absolute atomic E-state index is 0.365. The average Bonchev–Trinajstić information content (AvgIpc) is 3.09. The molecule has 0 aromatic carbocycles. The predicted molar refractivity (Wildman–Crippen MR) is 85.3 cm³/mol. The molecule has 8 nitrogen and oxygen atoms in total. The van der Waals surface area contributed by atoms with Gasteiger partial charge in [-0.15, -0.1) is 0 Å². The van der Waals surface area contributed by atoms with Crippen molar-refractivity contribution in [2.24, 2.45) is 0 Å². The first-order valence-electron chi connectivity index (χ1n) is 8.22. The number of nitrogens with one attached hydrogen (secondary N) is 1. The zero-order valence-electron chi connectivity index (χ0n) is 14.9. The van der Waals surface area contributed by atoms with Gasteiger partial charge >= 0.3 is 12.1 Å². The molecule has 0 aromatic rings. The van der Waals surface area contributed by atoms with Gasteiger partial charge in [0.1, 0.15) is 0 Å². The molecule has 1 fully saturated rings. The molecule has 1 rings (SSSR count). The van der Waals surface area contributed by atoms with Crippen LogP contribution in [0.4, 0.5) is 13.2 Å². The summed E-state index contributed by atoms with van der Waals surface area (Å²) in [5, 5.41) is 10.4. The van der Waals surface area contributed by atoms with Crippen LogP contribution in [-0.2, 0) is 28.5 Å². The van der Waals surface area contributed by atoms with Gasteiger partial charge in [-0.3, -0.25) is 0 Å². The number of alkyl halides is 3. The van der Waals surface area contributed by atoms with E-state index < -0.39 is 12.1 Å². The van der Waals surface area contributed by atoms with Crippen molar-refractivity contribution in [2.45, 2.75) is 18.7 Å². The molecule has 1 aliphatic rings. The SMILES string of the molecule is COCCOCCOCCOCCO[C@H]1CCNC1.O=C(O)C(F)(F)F. The summed E-state index contributed by atoms with van der Waals surface area (Å²) in [5.74, 6) is -2.76. The highest BCUT2D eigenvalue weighted by molar-refractivity contribution is 5.73. The van der Waals surface area contributed by atoms with Crippen LogP contribution < -0.4 is 5.32 Å².